The molecule has 1 saturated carbocycles. The van der Waals surface area contributed by atoms with Gasteiger partial charge in [0.25, 0.3) is 5.91 Å². The van der Waals surface area contributed by atoms with Crippen LogP contribution in [0.15, 0.2) is 0 Å². The smallest absolute Gasteiger partial charge is 0.325 e. The Morgan fingerprint density at radius 3 is 2.45 bits per heavy atom. The van der Waals surface area contributed by atoms with E-state index in [0.29, 0.717) is 12.3 Å². The van der Waals surface area contributed by atoms with Gasteiger partial charge in [-0.3, -0.25) is 14.5 Å². The van der Waals surface area contributed by atoms with Gasteiger partial charge in [0.1, 0.15) is 12.6 Å². The number of carbonyl (C=O) groups excluding carboxylic acids is 3. The summed E-state index contributed by atoms with van der Waals surface area (Å²) in [7, 11) is 0. The predicted octanol–water partition coefficient (Wildman–Crippen LogP) is 1.79. The molecule has 1 aliphatic carbocycles. The third-order valence-electron chi connectivity index (χ3n) is 4.34. The van der Waals surface area contributed by atoms with Crippen LogP contribution >= 0.6 is 0 Å². The van der Waals surface area contributed by atoms with E-state index in [-0.39, 0.29) is 24.4 Å². The van der Waals surface area contributed by atoms with Crippen LogP contribution in [0.1, 0.15) is 58.8 Å². The molecule has 1 aliphatic heterocycles. The lowest BCUT2D eigenvalue weighted by Crippen LogP contribution is -2.44. The van der Waals surface area contributed by atoms with Crippen molar-refractivity contribution in [1.29, 1.82) is 0 Å². The number of hydrogen-bond donors (Lipinski definition) is 2. The molecule has 2 fully saturated rings. The summed E-state index contributed by atoms with van der Waals surface area (Å²) in [4.78, 5) is 37.2. The molecule has 0 aromatic heterocycles. The van der Waals surface area contributed by atoms with Gasteiger partial charge in [-0.2, -0.15) is 0 Å². The summed E-state index contributed by atoms with van der Waals surface area (Å²) in [5.41, 5.74) is 0. The monoisotopic (exact) mass is 309 g/mol. The number of rotatable bonds is 5. The van der Waals surface area contributed by atoms with Crippen molar-refractivity contribution in [2.24, 2.45) is 5.92 Å². The Labute approximate surface area is 132 Å². The quantitative estimate of drug-likeness (QED) is 0.600. The molecule has 0 aromatic carbocycles. The van der Waals surface area contributed by atoms with Gasteiger partial charge in [-0.15, -0.1) is 0 Å². The van der Waals surface area contributed by atoms with Crippen molar-refractivity contribution in [3.05, 3.63) is 0 Å². The standard InChI is InChI=1S/C16H27N3O3/c1-11(2)9-13-15(21)19(16(22)18-13)10-14(20)17-12-7-5-3-4-6-8-12/h11-13H,3-10H2,1-2H3,(H,17,20)(H,18,22). The molecular formula is C16H27N3O3. The van der Waals surface area contributed by atoms with E-state index in [4.69, 9.17) is 0 Å². The van der Waals surface area contributed by atoms with Gasteiger partial charge in [0.05, 0.1) is 0 Å². The lowest BCUT2D eigenvalue weighted by molar-refractivity contribution is -0.132. The SMILES string of the molecule is CC(C)CC1NC(=O)N(CC(=O)NC2CCCCCC2)C1=O. The molecule has 6 heteroatoms. The molecule has 0 radical (unpaired) electrons. The maximum atomic E-state index is 12.2. The normalized spacial score (nSPS) is 23.6. The molecule has 1 atom stereocenters. The molecule has 2 aliphatic rings. The molecule has 0 spiro atoms. The number of carbonyl (C=O) groups is 3. The summed E-state index contributed by atoms with van der Waals surface area (Å²) in [6, 6.07) is -0.757. The number of imide groups is 1. The first-order chi connectivity index (χ1) is 10.5. The van der Waals surface area contributed by atoms with E-state index in [1.165, 1.54) is 12.8 Å². The van der Waals surface area contributed by atoms with E-state index in [0.717, 1.165) is 30.6 Å². The highest BCUT2D eigenvalue weighted by Crippen LogP contribution is 2.18. The van der Waals surface area contributed by atoms with Crippen LogP contribution in [0.3, 0.4) is 0 Å². The Kier molecular flexibility index (Phi) is 5.80. The average molecular weight is 309 g/mol. The molecule has 1 unspecified atom stereocenters. The van der Waals surface area contributed by atoms with Gasteiger partial charge in [-0.25, -0.2) is 4.79 Å². The third-order valence-corrected chi connectivity index (χ3v) is 4.34. The van der Waals surface area contributed by atoms with Crippen LogP contribution in [-0.2, 0) is 9.59 Å². The Bertz CT molecular complexity index is 428. The summed E-state index contributed by atoms with van der Waals surface area (Å²) in [5.74, 6) is -0.204. The zero-order valence-electron chi connectivity index (χ0n) is 13.6. The van der Waals surface area contributed by atoms with Crippen LogP contribution in [0.25, 0.3) is 0 Å². The second-order valence-electron chi connectivity index (χ2n) is 6.81. The van der Waals surface area contributed by atoms with Crippen LogP contribution in [0.5, 0.6) is 0 Å². The van der Waals surface area contributed by atoms with Crippen molar-refractivity contribution < 1.29 is 14.4 Å². The van der Waals surface area contributed by atoms with Crippen molar-refractivity contribution in [3.63, 3.8) is 0 Å². The van der Waals surface area contributed by atoms with Gasteiger partial charge in [-0.1, -0.05) is 39.5 Å². The van der Waals surface area contributed by atoms with Crippen LogP contribution < -0.4 is 10.6 Å². The van der Waals surface area contributed by atoms with E-state index in [2.05, 4.69) is 10.6 Å². The number of hydrogen-bond acceptors (Lipinski definition) is 3. The van der Waals surface area contributed by atoms with E-state index < -0.39 is 12.1 Å². The summed E-state index contributed by atoms with van der Waals surface area (Å²) < 4.78 is 0. The van der Waals surface area contributed by atoms with E-state index in [1.807, 2.05) is 13.8 Å². The zero-order valence-corrected chi connectivity index (χ0v) is 13.6. The number of urea groups is 1. The maximum Gasteiger partial charge on any atom is 0.325 e. The molecule has 6 nitrogen and oxygen atoms in total. The Morgan fingerprint density at radius 2 is 1.86 bits per heavy atom. The maximum absolute atomic E-state index is 12.2. The predicted molar refractivity (Wildman–Crippen MR) is 83.1 cm³/mol. The lowest BCUT2D eigenvalue weighted by Gasteiger charge is -2.18. The van der Waals surface area contributed by atoms with Gasteiger partial charge in [0.2, 0.25) is 5.91 Å². The summed E-state index contributed by atoms with van der Waals surface area (Å²) in [6.45, 7) is 3.83. The molecule has 0 aromatic rings. The average Bonchev–Trinajstić information content (AvgIpc) is 2.64. The Hall–Kier alpha value is -1.59. The van der Waals surface area contributed by atoms with Gasteiger partial charge in [-0.05, 0) is 25.2 Å². The highest BCUT2D eigenvalue weighted by Gasteiger charge is 2.39. The fourth-order valence-electron chi connectivity index (χ4n) is 3.20. The van der Waals surface area contributed by atoms with Gasteiger partial charge < -0.3 is 10.6 Å². The zero-order chi connectivity index (χ0) is 16.1. The molecule has 2 rings (SSSR count). The number of nitrogens with one attached hydrogen (secondary N) is 2. The van der Waals surface area contributed by atoms with Gasteiger partial charge >= 0.3 is 6.03 Å². The topological polar surface area (TPSA) is 78.5 Å². The first-order valence-corrected chi connectivity index (χ1v) is 8.38. The highest BCUT2D eigenvalue weighted by molar-refractivity contribution is 6.06. The Morgan fingerprint density at radius 1 is 1.23 bits per heavy atom. The van der Waals surface area contributed by atoms with Crippen molar-refractivity contribution in [1.82, 2.24) is 15.5 Å². The summed E-state index contributed by atoms with van der Waals surface area (Å²) >= 11 is 0. The molecule has 4 amide bonds. The Balaban J connectivity index is 1.85. The van der Waals surface area contributed by atoms with Crippen molar-refractivity contribution >= 4 is 17.8 Å². The van der Waals surface area contributed by atoms with Crippen LogP contribution in [-0.4, -0.2) is 41.4 Å². The molecular weight excluding hydrogens is 282 g/mol. The second-order valence-corrected chi connectivity index (χ2v) is 6.81. The molecule has 1 saturated heterocycles. The molecule has 124 valence electrons. The fourth-order valence-corrected chi connectivity index (χ4v) is 3.20. The number of amides is 4. The van der Waals surface area contributed by atoms with Crippen molar-refractivity contribution in [2.45, 2.75) is 70.9 Å². The molecule has 1 heterocycles. The van der Waals surface area contributed by atoms with Crippen LogP contribution in [0.2, 0.25) is 0 Å². The van der Waals surface area contributed by atoms with Crippen LogP contribution in [0, 0.1) is 5.92 Å². The number of nitrogens with zero attached hydrogens (tertiary/aromatic N) is 1. The minimum absolute atomic E-state index is 0.171. The largest absolute Gasteiger partial charge is 0.352 e. The van der Waals surface area contributed by atoms with Crippen LogP contribution in [0.4, 0.5) is 4.79 Å². The highest BCUT2D eigenvalue weighted by atomic mass is 16.2. The lowest BCUT2D eigenvalue weighted by atomic mass is 10.0. The van der Waals surface area contributed by atoms with E-state index in [1.54, 1.807) is 0 Å². The van der Waals surface area contributed by atoms with Crippen molar-refractivity contribution in [2.75, 3.05) is 6.54 Å². The first kappa shape index (κ1) is 16.8. The minimum atomic E-state index is -0.488. The molecule has 22 heavy (non-hydrogen) atoms. The minimum Gasteiger partial charge on any atom is -0.352 e. The summed E-state index contributed by atoms with van der Waals surface area (Å²) in [6.07, 6.45) is 7.27. The second kappa shape index (κ2) is 7.61. The van der Waals surface area contributed by atoms with Crippen molar-refractivity contribution in [3.8, 4) is 0 Å². The third kappa shape index (κ3) is 4.45. The van der Waals surface area contributed by atoms with E-state index >= 15 is 0 Å². The molecule has 0 bridgehead atoms. The molecule has 2 N–H and O–H groups in total. The van der Waals surface area contributed by atoms with Gasteiger partial charge in [0, 0.05) is 6.04 Å². The van der Waals surface area contributed by atoms with E-state index in [9.17, 15) is 14.4 Å². The first-order valence-electron chi connectivity index (χ1n) is 8.38. The van der Waals surface area contributed by atoms with Gasteiger partial charge in [0.15, 0.2) is 0 Å². The summed E-state index contributed by atoms with van der Waals surface area (Å²) in [5, 5.41) is 5.63. The fraction of sp³-hybridized carbons (Fsp3) is 0.812.